The van der Waals surface area contributed by atoms with Gasteiger partial charge in [0.25, 0.3) is 5.91 Å². The third-order valence-corrected chi connectivity index (χ3v) is 2.27. The first-order valence-corrected chi connectivity index (χ1v) is 6.08. The molecule has 0 unspecified atom stereocenters. The second-order valence-corrected chi connectivity index (χ2v) is 5.33. The molecule has 5 heteroatoms. The van der Waals surface area contributed by atoms with Gasteiger partial charge in [-0.15, -0.1) is 0 Å². The van der Waals surface area contributed by atoms with Crippen LogP contribution in [0.25, 0.3) is 0 Å². The molecule has 0 saturated carbocycles. The van der Waals surface area contributed by atoms with Crippen LogP contribution in [0.5, 0.6) is 0 Å². The summed E-state index contributed by atoms with van der Waals surface area (Å²) in [5.74, 6) is -0.788. The number of rotatable bonds is 4. The summed E-state index contributed by atoms with van der Waals surface area (Å²) in [5.41, 5.74) is 6.62. The van der Waals surface area contributed by atoms with Crippen LogP contribution in [0.4, 0.5) is 5.69 Å². The fourth-order valence-corrected chi connectivity index (χ4v) is 1.50. The lowest BCUT2D eigenvalue weighted by Crippen LogP contribution is -2.42. The van der Waals surface area contributed by atoms with E-state index in [1.807, 2.05) is 20.8 Å². The molecule has 0 aliphatic carbocycles. The lowest BCUT2D eigenvalue weighted by Gasteiger charge is -2.20. The molecule has 3 N–H and O–H groups in total. The van der Waals surface area contributed by atoms with E-state index in [-0.39, 0.29) is 24.5 Å². The van der Waals surface area contributed by atoms with E-state index in [2.05, 4.69) is 5.32 Å². The lowest BCUT2D eigenvalue weighted by molar-refractivity contribution is -0.148. The number of nitrogens with two attached hydrogens (primary N) is 1. The largest absolute Gasteiger partial charge is 0.455 e. The van der Waals surface area contributed by atoms with Crippen molar-refractivity contribution < 1.29 is 14.3 Å². The van der Waals surface area contributed by atoms with Gasteiger partial charge in [-0.3, -0.25) is 9.59 Å². The van der Waals surface area contributed by atoms with Crippen LogP contribution in [-0.4, -0.2) is 24.0 Å². The van der Waals surface area contributed by atoms with Crippen LogP contribution < -0.4 is 11.1 Å². The Balaban J connectivity index is 2.41. The van der Waals surface area contributed by atoms with E-state index in [0.717, 1.165) is 0 Å². The minimum atomic E-state index is -0.470. The zero-order valence-electron chi connectivity index (χ0n) is 11.5. The Kier molecular flexibility index (Phi) is 4.92. The fourth-order valence-electron chi connectivity index (χ4n) is 1.50. The second kappa shape index (κ2) is 6.22. The van der Waals surface area contributed by atoms with E-state index in [1.54, 1.807) is 24.3 Å². The SMILES string of the molecule is CC(C)(C)NC(=O)COC(=O)Cc1ccccc1N. The molecule has 0 saturated heterocycles. The van der Waals surface area contributed by atoms with E-state index in [0.29, 0.717) is 11.3 Å². The molecule has 0 aliphatic heterocycles. The first kappa shape index (κ1) is 15.0. The molecule has 0 aliphatic rings. The summed E-state index contributed by atoms with van der Waals surface area (Å²) in [5, 5.41) is 2.71. The zero-order valence-corrected chi connectivity index (χ0v) is 11.5. The predicted molar refractivity (Wildman–Crippen MR) is 73.4 cm³/mol. The van der Waals surface area contributed by atoms with E-state index in [1.165, 1.54) is 0 Å². The van der Waals surface area contributed by atoms with Crippen LogP contribution in [0.2, 0.25) is 0 Å². The van der Waals surface area contributed by atoms with Crippen LogP contribution in [0.3, 0.4) is 0 Å². The third kappa shape index (κ3) is 5.90. The summed E-state index contributed by atoms with van der Waals surface area (Å²) in [4.78, 5) is 23.0. The molecule has 0 bridgehead atoms. The average molecular weight is 264 g/mol. The molecule has 1 aromatic rings. The summed E-state index contributed by atoms with van der Waals surface area (Å²) < 4.78 is 4.90. The number of amides is 1. The third-order valence-electron chi connectivity index (χ3n) is 2.27. The highest BCUT2D eigenvalue weighted by Crippen LogP contribution is 2.11. The van der Waals surface area contributed by atoms with Crippen molar-refractivity contribution in [1.82, 2.24) is 5.32 Å². The Morgan fingerprint density at radius 2 is 1.89 bits per heavy atom. The van der Waals surface area contributed by atoms with Gasteiger partial charge in [-0.2, -0.15) is 0 Å². The van der Waals surface area contributed by atoms with Crippen LogP contribution in [0, 0.1) is 0 Å². The molecule has 19 heavy (non-hydrogen) atoms. The van der Waals surface area contributed by atoms with Gasteiger partial charge in [0.05, 0.1) is 6.42 Å². The van der Waals surface area contributed by atoms with E-state index < -0.39 is 5.97 Å². The molecule has 1 amide bonds. The maximum atomic E-state index is 11.6. The first-order valence-electron chi connectivity index (χ1n) is 6.08. The number of nitrogen functional groups attached to an aromatic ring is 1. The summed E-state index contributed by atoms with van der Waals surface area (Å²) in [6, 6.07) is 7.06. The predicted octanol–water partition coefficient (Wildman–Crippen LogP) is 1.27. The van der Waals surface area contributed by atoms with Gasteiger partial charge in [-0.1, -0.05) is 18.2 Å². The second-order valence-electron chi connectivity index (χ2n) is 5.33. The van der Waals surface area contributed by atoms with Gasteiger partial charge < -0.3 is 15.8 Å². The number of benzene rings is 1. The van der Waals surface area contributed by atoms with Crippen molar-refractivity contribution in [2.75, 3.05) is 12.3 Å². The van der Waals surface area contributed by atoms with E-state index in [9.17, 15) is 9.59 Å². The quantitative estimate of drug-likeness (QED) is 0.634. The van der Waals surface area contributed by atoms with Crippen molar-refractivity contribution in [2.24, 2.45) is 0 Å². The highest BCUT2D eigenvalue weighted by atomic mass is 16.5. The summed E-state index contributed by atoms with van der Waals surface area (Å²) in [6.07, 6.45) is 0.0650. The van der Waals surface area contributed by atoms with Crippen LogP contribution in [0.1, 0.15) is 26.3 Å². The Morgan fingerprint density at radius 3 is 2.47 bits per heavy atom. The number of ether oxygens (including phenoxy) is 1. The van der Waals surface area contributed by atoms with Crippen molar-refractivity contribution in [2.45, 2.75) is 32.7 Å². The van der Waals surface area contributed by atoms with Gasteiger partial charge >= 0.3 is 5.97 Å². The molecular formula is C14H20N2O3. The van der Waals surface area contributed by atoms with Crippen molar-refractivity contribution in [3.8, 4) is 0 Å². The number of hydrogen-bond donors (Lipinski definition) is 2. The number of para-hydroxylation sites is 1. The number of hydrogen-bond acceptors (Lipinski definition) is 4. The normalized spacial score (nSPS) is 10.9. The van der Waals surface area contributed by atoms with Crippen LogP contribution >= 0.6 is 0 Å². The molecule has 0 aromatic heterocycles. The van der Waals surface area contributed by atoms with Gasteiger partial charge in [0, 0.05) is 11.2 Å². The molecule has 5 nitrogen and oxygen atoms in total. The molecule has 0 heterocycles. The Morgan fingerprint density at radius 1 is 1.26 bits per heavy atom. The Bertz CT molecular complexity index is 464. The number of carbonyl (C=O) groups is 2. The summed E-state index contributed by atoms with van der Waals surface area (Å²) >= 11 is 0. The van der Waals surface area contributed by atoms with Crippen molar-refractivity contribution in [3.63, 3.8) is 0 Å². The van der Waals surface area contributed by atoms with Crippen molar-refractivity contribution >= 4 is 17.6 Å². The molecule has 0 atom stereocenters. The van der Waals surface area contributed by atoms with E-state index >= 15 is 0 Å². The van der Waals surface area contributed by atoms with Crippen molar-refractivity contribution in [3.05, 3.63) is 29.8 Å². The summed E-state index contributed by atoms with van der Waals surface area (Å²) in [6.45, 7) is 5.30. The highest BCUT2D eigenvalue weighted by Gasteiger charge is 2.15. The summed E-state index contributed by atoms with van der Waals surface area (Å²) in [7, 11) is 0. The van der Waals surface area contributed by atoms with E-state index in [4.69, 9.17) is 10.5 Å². The van der Waals surface area contributed by atoms with Gasteiger partial charge in [0.15, 0.2) is 6.61 Å². The minimum Gasteiger partial charge on any atom is -0.455 e. The molecule has 0 fully saturated rings. The van der Waals surface area contributed by atoms with Gasteiger partial charge in [0.1, 0.15) is 0 Å². The smallest absolute Gasteiger partial charge is 0.310 e. The minimum absolute atomic E-state index is 0.0650. The van der Waals surface area contributed by atoms with Gasteiger partial charge in [-0.05, 0) is 32.4 Å². The molecular weight excluding hydrogens is 244 g/mol. The maximum Gasteiger partial charge on any atom is 0.310 e. The topological polar surface area (TPSA) is 81.4 Å². The molecule has 104 valence electrons. The lowest BCUT2D eigenvalue weighted by atomic mass is 10.1. The monoisotopic (exact) mass is 264 g/mol. The fraction of sp³-hybridized carbons (Fsp3) is 0.429. The maximum absolute atomic E-state index is 11.6. The molecule has 0 radical (unpaired) electrons. The number of carbonyl (C=O) groups excluding carboxylic acids is 2. The molecule has 1 rings (SSSR count). The highest BCUT2D eigenvalue weighted by molar-refractivity contribution is 5.82. The molecule has 0 spiro atoms. The Hall–Kier alpha value is -2.04. The standard InChI is InChI=1S/C14H20N2O3/c1-14(2,3)16-12(17)9-19-13(18)8-10-6-4-5-7-11(10)15/h4-7H,8-9,15H2,1-3H3,(H,16,17). The average Bonchev–Trinajstić information content (AvgIpc) is 2.27. The first-order chi connectivity index (χ1) is 8.78. The zero-order chi connectivity index (χ0) is 14.5. The number of esters is 1. The van der Waals surface area contributed by atoms with Crippen molar-refractivity contribution in [1.29, 1.82) is 0 Å². The van der Waals surface area contributed by atoms with Gasteiger partial charge in [-0.25, -0.2) is 0 Å². The van der Waals surface area contributed by atoms with Crippen LogP contribution in [0.15, 0.2) is 24.3 Å². The molecule has 1 aromatic carbocycles. The van der Waals surface area contributed by atoms with Gasteiger partial charge in [0.2, 0.25) is 0 Å². The number of anilines is 1. The van der Waals surface area contributed by atoms with Crippen LogP contribution in [-0.2, 0) is 20.7 Å². The number of nitrogens with one attached hydrogen (secondary N) is 1. The Labute approximate surface area is 113 Å².